The van der Waals surface area contributed by atoms with E-state index in [1.807, 2.05) is 27.1 Å². The molecule has 4 nitrogen and oxygen atoms in total. The summed E-state index contributed by atoms with van der Waals surface area (Å²) in [6, 6.07) is 5.55. The van der Waals surface area contributed by atoms with E-state index in [2.05, 4.69) is 16.0 Å². The van der Waals surface area contributed by atoms with Crippen molar-refractivity contribution in [2.24, 2.45) is 0 Å². The second-order valence-corrected chi connectivity index (χ2v) is 5.50. The summed E-state index contributed by atoms with van der Waals surface area (Å²) in [4.78, 5) is 16.5. The quantitative estimate of drug-likeness (QED) is 0.891. The molecule has 1 aliphatic heterocycles. The van der Waals surface area contributed by atoms with Gasteiger partial charge in [-0.05, 0) is 38.2 Å². The van der Waals surface area contributed by atoms with Gasteiger partial charge in [-0.25, -0.2) is 0 Å². The fourth-order valence-electron chi connectivity index (χ4n) is 2.80. The third-order valence-corrected chi connectivity index (χ3v) is 3.54. The lowest BCUT2D eigenvalue weighted by atomic mass is 10.0. The fraction of sp³-hybridized carbons (Fsp3) is 0.400. The minimum atomic E-state index is -0.0709. The van der Waals surface area contributed by atoms with Gasteiger partial charge >= 0.3 is 0 Å². The van der Waals surface area contributed by atoms with E-state index >= 15 is 0 Å². The molecule has 1 aromatic carbocycles. The Morgan fingerprint density at radius 1 is 1.42 bits per heavy atom. The molecule has 19 heavy (non-hydrogen) atoms. The number of benzene rings is 1. The highest BCUT2D eigenvalue weighted by molar-refractivity contribution is 5.89. The SMILES string of the molecule is Cc1cc2c(c3ccc(=O)[nH]c13)OC(CN(C)C)C2. The van der Waals surface area contributed by atoms with E-state index in [4.69, 9.17) is 4.74 Å². The Hall–Kier alpha value is -1.81. The van der Waals surface area contributed by atoms with Gasteiger partial charge in [0.15, 0.2) is 0 Å². The molecule has 1 unspecified atom stereocenters. The van der Waals surface area contributed by atoms with Crippen molar-refractivity contribution >= 4 is 10.9 Å². The largest absolute Gasteiger partial charge is 0.488 e. The van der Waals surface area contributed by atoms with E-state index < -0.39 is 0 Å². The Balaban J connectivity index is 2.10. The Kier molecular flexibility index (Phi) is 2.82. The molecule has 0 spiro atoms. The molecule has 2 heterocycles. The van der Waals surface area contributed by atoms with Crippen molar-refractivity contribution in [2.45, 2.75) is 19.4 Å². The Bertz CT molecular complexity index is 688. The summed E-state index contributed by atoms with van der Waals surface area (Å²) in [5.74, 6) is 0.934. The number of nitrogens with one attached hydrogen (secondary N) is 1. The van der Waals surface area contributed by atoms with Crippen molar-refractivity contribution in [3.05, 3.63) is 39.7 Å². The molecule has 0 fully saturated rings. The number of hydrogen-bond donors (Lipinski definition) is 1. The van der Waals surface area contributed by atoms with Crippen molar-refractivity contribution in [1.29, 1.82) is 0 Å². The molecule has 0 bridgehead atoms. The van der Waals surface area contributed by atoms with Gasteiger partial charge in [0.1, 0.15) is 11.9 Å². The number of pyridine rings is 1. The Labute approximate surface area is 112 Å². The normalized spacial score (nSPS) is 17.8. The van der Waals surface area contributed by atoms with Crippen LogP contribution >= 0.6 is 0 Å². The smallest absolute Gasteiger partial charge is 0.248 e. The fourth-order valence-corrected chi connectivity index (χ4v) is 2.80. The van der Waals surface area contributed by atoms with E-state index in [1.165, 1.54) is 5.56 Å². The average molecular weight is 258 g/mol. The van der Waals surface area contributed by atoms with Crippen LogP contribution in [0.4, 0.5) is 0 Å². The van der Waals surface area contributed by atoms with Gasteiger partial charge in [-0.1, -0.05) is 6.07 Å². The van der Waals surface area contributed by atoms with Crippen LogP contribution in [0.1, 0.15) is 11.1 Å². The van der Waals surface area contributed by atoms with Crippen molar-refractivity contribution in [3.63, 3.8) is 0 Å². The van der Waals surface area contributed by atoms with Crippen LogP contribution in [-0.2, 0) is 6.42 Å². The average Bonchev–Trinajstić information content (AvgIpc) is 2.70. The van der Waals surface area contributed by atoms with Gasteiger partial charge in [-0.3, -0.25) is 4.79 Å². The molecule has 1 atom stereocenters. The summed E-state index contributed by atoms with van der Waals surface area (Å²) in [5.41, 5.74) is 3.15. The standard InChI is InChI=1S/C15H18N2O2/c1-9-6-10-7-11(8-17(2)3)19-15(10)12-4-5-13(18)16-14(9)12/h4-6,11H,7-8H2,1-3H3,(H,16,18). The maximum absolute atomic E-state index is 11.4. The minimum Gasteiger partial charge on any atom is -0.488 e. The highest BCUT2D eigenvalue weighted by atomic mass is 16.5. The highest BCUT2D eigenvalue weighted by Crippen LogP contribution is 2.37. The summed E-state index contributed by atoms with van der Waals surface area (Å²) in [7, 11) is 4.10. The summed E-state index contributed by atoms with van der Waals surface area (Å²) < 4.78 is 6.06. The zero-order valence-corrected chi connectivity index (χ0v) is 11.5. The number of H-pyrrole nitrogens is 1. The molecular formula is C15H18N2O2. The lowest BCUT2D eigenvalue weighted by Crippen LogP contribution is -2.29. The van der Waals surface area contributed by atoms with Crippen LogP contribution < -0.4 is 10.3 Å². The predicted octanol–water partition coefficient (Wildman–Crippen LogP) is 1.70. The van der Waals surface area contributed by atoms with Gasteiger partial charge < -0.3 is 14.6 Å². The van der Waals surface area contributed by atoms with Gasteiger partial charge in [-0.15, -0.1) is 0 Å². The molecule has 0 aliphatic carbocycles. The molecule has 2 aromatic rings. The molecule has 0 saturated carbocycles. The highest BCUT2D eigenvalue weighted by Gasteiger charge is 2.26. The molecule has 4 heteroatoms. The second kappa shape index (κ2) is 4.38. The van der Waals surface area contributed by atoms with Crippen LogP contribution in [0.25, 0.3) is 10.9 Å². The minimum absolute atomic E-state index is 0.0709. The number of ether oxygens (including phenoxy) is 1. The van der Waals surface area contributed by atoms with Gasteiger partial charge in [0.25, 0.3) is 0 Å². The number of aryl methyl sites for hydroxylation is 1. The summed E-state index contributed by atoms with van der Waals surface area (Å²) >= 11 is 0. The lowest BCUT2D eigenvalue weighted by Gasteiger charge is -2.16. The molecular weight excluding hydrogens is 240 g/mol. The van der Waals surface area contributed by atoms with E-state index in [9.17, 15) is 4.79 Å². The summed E-state index contributed by atoms with van der Waals surface area (Å²) in [6.07, 6.45) is 1.13. The monoisotopic (exact) mass is 258 g/mol. The summed E-state index contributed by atoms with van der Waals surface area (Å²) in [5, 5.41) is 1.01. The van der Waals surface area contributed by atoms with E-state index in [0.29, 0.717) is 0 Å². The van der Waals surface area contributed by atoms with E-state index in [-0.39, 0.29) is 11.7 Å². The molecule has 1 aromatic heterocycles. The third-order valence-electron chi connectivity index (χ3n) is 3.54. The van der Waals surface area contributed by atoms with E-state index in [1.54, 1.807) is 6.07 Å². The number of aromatic amines is 1. The van der Waals surface area contributed by atoms with Crippen LogP contribution in [-0.4, -0.2) is 36.6 Å². The Morgan fingerprint density at radius 3 is 2.95 bits per heavy atom. The first kappa shape index (κ1) is 12.2. The van der Waals surface area contributed by atoms with Crippen molar-refractivity contribution in [1.82, 2.24) is 9.88 Å². The lowest BCUT2D eigenvalue weighted by molar-refractivity contribution is 0.186. The van der Waals surface area contributed by atoms with Crippen LogP contribution in [0.5, 0.6) is 5.75 Å². The molecule has 3 rings (SSSR count). The number of likely N-dealkylation sites (N-methyl/N-ethyl adjacent to an activating group) is 1. The first-order valence-electron chi connectivity index (χ1n) is 6.51. The maximum Gasteiger partial charge on any atom is 0.248 e. The number of fused-ring (bicyclic) bond motifs is 3. The number of aromatic nitrogens is 1. The van der Waals surface area contributed by atoms with Gasteiger partial charge in [0, 0.05) is 24.4 Å². The molecule has 0 radical (unpaired) electrons. The summed E-state index contributed by atoms with van der Waals surface area (Å²) in [6.45, 7) is 2.93. The van der Waals surface area contributed by atoms with Gasteiger partial charge in [0.05, 0.1) is 5.52 Å². The second-order valence-electron chi connectivity index (χ2n) is 5.50. The topological polar surface area (TPSA) is 45.3 Å². The molecule has 1 aliphatic rings. The molecule has 0 saturated heterocycles. The Morgan fingerprint density at radius 2 is 2.21 bits per heavy atom. The van der Waals surface area contributed by atoms with Gasteiger partial charge in [0.2, 0.25) is 5.56 Å². The number of rotatable bonds is 2. The number of nitrogens with zero attached hydrogens (tertiary/aromatic N) is 1. The van der Waals surface area contributed by atoms with Crippen molar-refractivity contribution < 1.29 is 4.74 Å². The van der Waals surface area contributed by atoms with Gasteiger partial charge in [-0.2, -0.15) is 0 Å². The first-order chi connectivity index (χ1) is 9.04. The van der Waals surface area contributed by atoms with Crippen molar-refractivity contribution in [2.75, 3.05) is 20.6 Å². The zero-order valence-electron chi connectivity index (χ0n) is 11.5. The maximum atomic E-state index is 11.4. The molecule has 1 N–H and O–H groups in total. The third kappa shape index (κ3) is 2.12. The van der Waals surface area contributed by atoms with Crippen LogP contribution in [0, 0.1) is 6.92 Å². The predicted molar refractivity (Wildman–Crippen MR) is 76.0 cm³/mol. The molecule has 100 valence electrons. The first-order valence-corrected chi connectivity index (χ1v) is 6.51. The zero-order chi connectivity index (χ0) is 13.6. The van der Waals surface area contributed by atoms with Crippen LogP contribution in [0.2, 0.25) is 0 Å². The molecule has 0 amide bonds. The van der Waals surface area contributed by atoms with Crippen LogP contribution in [0.3, 0.4) is 0 Å². The number of hydrogen-bond acceptors (Lipinski definition) is 3. The van der Waals surface area contributed by atoms with E-state index in [0.717, 1.165) is 35.2 Å². The van der Waals surface area contributed by atoms with Crippen molar-refractivity contribution in [3.8, 4) is 5.75 Å². The van der Waals surface area contributed by atoms with Crippen LogP contribution in [0.15, 0.2) is 23.0 Å².